The van der Waals surface area contributed by atoms with Crippen molar-refractivity contribution in [1.82, 2.24) is 35.5 Å². The van der Waals surface area contributed by atoms with Crippen LogP contribution in [-0.4, -0.2) is 67.8 Å². The normalized spacial score (nSPS) is 19.0. The lowest BCUT2D eigenvalue weighted by Gasteiger charge is -2.34. The topological polar surface area (TPSA) is 127 Å². The summed E-state index contributed by atoms with van der Waals surface area (Å²) in [6, 6.07) is 3.06. The number of carbonyl (C=O) groups excluding carboxylic acids is 2. The monoisotopic (exact) mass is 519 g/mol. The number of urea groups is 1. The highest BCUT2D eigenvalue weighted by Gasteiger charge is 2.35. The van der Waals surface area contributed by atoms with Gasteiger partial charge in [-0.25, -0.2) is 9.89 Å². The van der Waals surface area contributed by atoms with Crippen LogP contribution in [0.3, 0.4) is 0 Å². The molecule has 2 aliphatic rings. The summed E-state index contributed by atoms with van der Waals surface area (Å²) in [6.07, 6.45) is 3.65. The maximum absolute atomic E-state index is 13.8. The molecule has 3 amide bonds. The minimum absolute atomic E-state index is 0.0625. The molecule has 1 saturated heterocycles. The maximum atomic E-state index is 13.8. The largest absolute Gasteiger partial charge is 0.336 e. The smallest absolute Gasteiger partial charge is 0.318 e. The number of piperidine rings is 1. The molecule has 1 aromatic carbocycles. The van der Waals surface area contributed by atoms with Crippen molar-refractivity contribution in [1.29, 1.82) is 0 Å². The first-order chi connectivity index (χ1) is 18.0. The molecule has 38 heavy (non-hydrogen) atoms. The van der Waals surface area contributed by atoms with E-state index in [1.54, 1.807) is 4.90 Å². The van der Waals surface area contributed by atoms with E-state index < -0.39 is 6.04 Å². The van der Waals surface area contributed by atoms with Crippen LogP contribution in [0.2, 0.25) is 0 Å². The van der Waals surface area contributed by atoms with Crippen LogP contribution in [0, 0.1) is 19.3 Å². The Balaban J connectivity index is 1.35. The first-order valence-corrected chi connectivity index (χ1v) is 13.3. The summed E-state index contributed by atoms with van der Waals surface area (Å²) in [5, 5.41) is 18.0. The fourth-order valence-electron chi connectivity index (χ4n) is 5.86. The zero-order valence-corrected chi connectivity index (χ0v) is 22.9. The van der Waals surface area contributed by atoms with Gasteiger partial charge in [-0.3, -0.25) is 14.7 Å². The van der Waals surface area contributed by atoms with Gasteiger partial charge in [0.15, 0.2) is 0 Å². The molecule has 0 aliphatic carbocycles. The molecule has 1 fully saturated rings. The molecule has 0 radical (unpaired) electrons. The average molecular weight is 520 g/mol. The van der Waals surface area contributed by atoms with Crippen molar-refractivity contribution in [2.75, 3.05) is 19.6 Å². The predicted molar refractivity (Wildman–Crippen MR) is 145 cm³/mol. The zero-order chi connectivity index (χ0) is 27.2. The first-order valence-electron chi connectivity index (χ1n) is 13.3. The molecule has 5 rings (SSSR count). The summed E-state index contributed by atoms with van der Waals surface area (Å²) in [5.74, 6) is 0.0194. The Labute approximate surface area is 222 Å². The fraction of sp³-hybridized carbons (Fsp3) is 0.536. The molecule has 0 spiro atoms. The van der Waals surface area contributed by atoms with E-state index in [0.29, 0.717) is 45.4 Å². The van der Waals surface area contributed by atoms with Gasteiger partial charge in [-0.15, -0.1) is 0 Å². The predicted octanol–water partition coefficient (Wildman–Crippen LogP) is 3.15. The van der Waals surface area contributed by atoms with Crippen LogP contribution in [0.4, 0.5) is 4.79 Å². The minimum Gasteiger partial charge on any atom is -0.336 e. The number of amides is 3. The Morgan fingerprint density at radius 2 is 1.87 bits per heavy atom. The molecular weight excluding hydrogens is 482 g/mol. The van der Waals surface area contributed by atoms with Crippen LogP contribution in [0.1, 0.15) is 67.5 Å². The third-order valence-corrected chi connectivity index (χ3v) is 7.67. The van der Waals surface area contributed by atoms with E-state index in [0.717, 1.165) is 38.9 Å². The Kier molecular flexibility index (Phi) is 6.75. The summed E-state index contributed by atoms with van der Waals surface area (Å²) < 4.78 is 0. The molecular formula is C28H37N7O3. The number of nitrogens with zero attached hydrogens (tertiary/aromatic N) is 4. The molecule has 2 aromatic heterocycles. The van der Waals surface area contributed by atoms with Gasteiger partial charge < -0.3 is 15.1 Å². The van der Waals surface area contributed by atoms with Gasteiger partial charge in [0, 0.05) is 43.5 Å². The summed E-state index contributed by atoms with van der Waals surface area (Å²) >= 11 is 0. The van der Waals surface area contributed by atoms with Crippen molar-refractivity contribution in [3.05, 3.63) is 56.6 Å². The molecule has 0 bridgehead atoms. The van der Waals surface area contributed by atoms with Crippen molar-refractivity contribution < 1.29 is 9.59 Å². The number of carbonyl (C=O) groups is 2. The number of likely N-dealkylation sites (tertiary alicyclic amines) is 1. The van der Waals surface area contributed by atoms with Crippen LogP contribution < -0.4 is 10.9 Å². The third-order valence-electron chi connectivity index (χ3n) is 7.67. The van der Waals surface area contributed by atoms with Crippen LogP contribution >= 0.6 is 0 Å². The number of H-pyrrole nitrogens is 2. The second kappa shape index (κ2) is 9.89. The van der Waals surface area contributed by atoms with Crippen molar-refractivity contribution in [3.8, 4) is 0 Å². The van der Waals surface area contributed by atoms with E-state index in [4.69, 9.17) is 0 Å². The number of fused-ring (bicyclic) bond motifs is 3. The highest BCUT2D eigenvalue weighted by molar-refractivity contribution is 5.91. The maximum Gasteiger partial charge on any atom is 0.318 e. The summed E-state index contributed by atoms with van der Waals surface area (Å²) in [6.45, 7) is 12.3. The van der Waals surface area contributed by atoms with Crippen LogP contribution in [0.15, 0.2) is 23.1 Å². The zero-order valence-electron chi connectivity index (χ0n) is 22.9. The van der Waals surface area contributed by atoms with Gasteiger partial charge in [-0.1, -0.05) is 26.8 Å². The number of rotatable bonds is 3. The average Bonchev–Trinajstić information content (AvgIpc) is 3.32. The van der Waals surface area contributed by atoms with Crippen molar-refractivity contribution in [3.63, 3.8) is 0 Å². The molecule has 1 atom stereocenters. The van der Waals surface area contributed by atoms with Crippen LogP contribution in [0.5, 0.6) is 0 Å². The molecule has 3 N–H and O–H groups in total. The number of hydrogen-bond acceptors (Lipinski definition) is 5. The summed E-state index contributed by atoms with van der Waals surface area (Å²) in [5.41, 5.74) is 5.45. The van der Waals surface area contributed by atoms with Gasteiger partial charge in [-0.05, 0) is 60.8 Å². The number of hydrogen-bond donors (Lipinski definition) is 3. The Morgan fingerprint density at radius 3 is 2.58 bits per heavy atom. The van der Waals surface area contributed by atoms with E-state index in [2.05, 4.69) is 52.5 Å². The Hall–Kier alpha value is -3.69. The van der Waals surface area contributed by atoms with E-state index in [9.17, 15) is 14.4 Å². The quantitative estimate of drug-likeness (QED) is 0.490. The van der Waals surface area contributed by atoms with Crippen molar-refractivity contribution in [2.45, 2.75) is 72.4 Å². The van der Waals surface area contributed by atoms with Gasteiger partial charge >= 0.3 is 6.03 Å². The molecule has 2 aliphatic heterocycles. The number of benzene rings is 1. The van der Waals surface area contributed by atoms with Gasteiger partial charge in [0.1, 0.15) is 6.04 Å². The molecule has 0 saturated carbocycles. The molecule has 10 nitrogen and oxygen atoms in total. The summed E-state index contributed by atoms with van der Waals surface area (Å²) in [4.78, 5) is 43.1. The highest BCUT2D eigenvalue weighted by Crippen LogP contribution is 2.31. The third kappa shape index (κ3) is 5.16. The van der Waals surface area contributed by atoms with Crippen LogP contribution in [-0.2, 0) is 17.8 Å². The van der Waals surface area contributed by atoms with Gasteiger partial charge in [0.05, 0.1) is 17.4 Å². The second-order valence-electron chi connectivity index (χ2n) is 12.0. The first kappa shape index (κ1) is 25.9. The number of aromatic nitrogens is 4. The van der Waals surface area contributed by atoms with Crippen LogP contribution in [0.25, 0.3) is 10.9 Å². The number of aromatic amines is 2. The molecule has 10 heteroatoms. The van der Waals surface area contributed by atoms with E-state index in [-0.39, 0.29) is 28.8 Å². The fourth-order valence-corrected chi connectivity index (χ4v) is 5.86. The Bertz CT molecular complexity index is 1430. The highest BCUT2D eigenvalue weighted by atomic mass is 16.2. The SMILES string of the molecule is Cc1cc(C2CCN(C(=O)N[C@@H]3Cc4cc(C)c5[nH]ncc5c4CN(CC(C)(C)C)C3=O)CC2)c(=O)[nH]n1. The van der Waals surface area contributed by atoms with Gasteiger partial charge in [0.25, 0.3) is 5.56 Å². The van der Waals surface area contributed by atoms with Crippen molar-refractivity contribution in [2.24, 2.45) is 5.41 Å². The van der Waals surface area contributed by atoms with E-state index in [1.165, 1.54) is 0 Å². The molecule has 3 aromatic rings. The van der Waals surface area contributed by atoms with Gasteiger partial charge in [0.2, 0.25) is 5.91 Å². The van der Waals surface area contributed by atoms with Crippen molar-refractivity contribution >= 4 is 22.8 Å². The standard InChI is InChI=1S/C28H37N7O3/c1-16-10-19-12-23(26(37)35(15-28(3,4)5)14-22(19)21-13-29-32-24(16)21)30-27(38)34-8-6-18(7-9-34)20-11-17(2)31-33-25(20)36/h10-11,13,18,23H,6-9,12,14-15H2,1-5H3,(H,29,32)(H,30,38)(H,33,36)/t23-/m1/s1. The van der Waals surface area contributed by atoms with E-state index >= 15 is 0 Å². The minimum atomic E-state index is -0.654. The van der Waals surface area contributed by atoms with E-state index in [1.807, 2.05) is 31.0 Å². The number of aryl methyl sites for hydroxylation is 2. The lowest BCUT2D eigenvalue weighted by atomic mass is 9.90. The molecule has 202 valence electrons. The molecule has 4 heterocycles. The number of nitrogens with one attached hydrogen (secondary N) is 3. The second-order valence-corrected chi connectivity index (χ2v) is 12.0. The Morgan fingerprint density at radius 1 is 1.13 bits per heavy atom. The molecule has 0 unspecified atom stereocenters. The lowest BCUT2D eigenvalue weighted by Crippen LogP contribution is -2.54. The summed E-state index contributed by atoms with van der Waals surface area (Å²) in [7, 11) is 0. The van der Waals surface area contributed by atoms with Gasteiger partial charge in [-0.2, -0.15) is 10.2 Å². The lowest BCUT2D eigenvalue weighted by molar-refractivity contribution is -0.134.